The van der Waals surface area contributed by atoms with Crippen molar-refractivity contribution in [2.24, 2.45) is 0 Å². The van der Waals surface area contributed by atoms with E-state index in [1.807, 2.05) is 0 Å². The number of carbonyl (C=O) groups excluding carboxylic acids is 1. The van der Waals surface area contributed by atoms with Gasteiger partial charge in [-0.15, -0.1) is 0 Å². The van der Waals surface area contributed by atoms with Crippen LogP contribution in [0.4, 0.5) is 0 Å². The van der Waals surface area contributed by atoms with Gasteiger partial charge in [0.15, 0.2) is 0 Å². The highest BCUT2D eigenvalue weighted by Gasteiger charge is 2.25. The second-order valence-corrected chi connectivity index (χ2v) is 9.25. The average Bonchev–Trinajstić information content (AvgIpc) is 3.21. The lowest BCUT2D eigenvalue weighted by Crippen LogP contribution is -2.34. The minimum Gasteiger partial charge on any atom is -0.496 e. The van der Waals surface area contributed by atoms with E-state index < -0.39 is 15.9 Å². The maximum atomic E-state index is 12.7. The number of benzene rings is 2. The van der Waals surface area contributed by atoms with Crippen molar-refractivity contribution in [1.82, 2.24) is 14.9 Å². The Morgan fingerprint density at radius 2 is 2.00 bits per heavy atom. The largest absolute Gasteiger partial charge is 0.496 e. The lowest BCUT2D eigenvalue weighted by Gasteiger charge is -2.17. The number of methoxy groups -OCH3 is 1. The van der Waals surface area contributed by atoms with Crippen LogP contribution in [0.2, 0.25) is 0 Å². The van der Waals surface area contributed by atoms with Gasteiger partial charge in [-0.3, -0.25) is 4.79 Å². The highest BCUT2D eigenvalue weighted by atomic mass is 32.2. The number of aryl methyl sites for hydroxylation is 1. The minimum absolute atomic E-state index is 0.0427. The fraction of sp³-hybridized carbons (Fsp3) is 0.409. The van der Waals surface area contributed by atoms with Crippen LogP contribution in [-0.4, -0.2) is 59.6 Å². The number of likely N-dealkylation sites (tertiary alicyclic amines) is 1. The molecule has 8 heteroatoms. The monoisotopic (exact) mass is 431 g/mol. The Balaban J connectivity index is 1.60. The first kappa shape index (κ1) is 22.3. The summed E-state index contributed by atoms with van der Waals surface area (Å²) in [7, 11) is -0.799. The maximum Gasteiger partial charge on any atom is 0.254 e. The van der Waals surface area contributed by atoms with Crippen LogP contribution >= 0.6 is 0 Å². The molecule has 2 N–H and O–H groups in total. The van der Waals surface area contributed by atoms with Gasteiger partial charge in [0, 0.05) is 26.7 Å². The van der Waals surface area contributed by atoms with Crippen molar-refractivity contribution in [2.45, 2.75) is 24.2 Å². The van der Waals surface area contributed by atoms with Gasteiger partial charge in [0.05, 0.1) is 17.6 Å². The van der Waals surface area contributed by atoms with Gasteiger partial charge in [-0.1, -0.05) is 24.3 Å². The Hall–Kier alpha value is -2.42. The Morgan fingerprint density at radius 3 is 2.70 bits per heavy atom. The number of amides is 1. The van der Waals surface area contributed by atoms with E-state index in [0.717, 1.165) is 19.5 Å². The second kappa shape index (κ2) is 9.59. The molecule has 30 heavy (non-hydrogen) atoms. The standard InChI is InChI=1S/C22H29N3O4S/c1-16-6-4-5-7-19(16)17-10-12-25(15-17)13-11-24-30(27,28)18-8-9-21(29-3)20(14-18)22(26)23-2/h4-9,14,17,24H,10-13,15H2,1-3H3,(H,23,26)/t17-/m1/s1. The van der Waals surface area contributed by atoms with E-state index in [1.54, 1.807) is 0 Å². The summed E-state index contributed by atoms with van der Waals surface area (Å²) < 4.78 is 33.2. The molecule has 0 bridgehead atoms. The first-order valence-corrected chi connectivity index (χ1v) is 11.5. The summed E-state index contributed by atoms with van der Waals surface area (Å²) >= 11 is 0. The number of rotatable bonds is 8. The smallest absolute Gasteiger partial charge is 0.254 e. The van der Waals surface area contributed by atoms with Crippen LogP contribution in [0.1, 0.15) is 33.8 Å². The zero-order chi connectivity index (χ0) is 21.7. The fourth-order valence-corrected chi connectivity index (χ4v) is 4.97. The van der Waals surface area contributed by atoms with Crippen molar-refractivity contribution in [3.63, 3.8) is 0 Å². The predicted molar refractivity (Wildman–Crippen MR) is 117 cm³/mol. The van der Waals surface area contributed by atoms with Crippen LogP contribution in [0.5, 0.6) is 5.75 Å². The number of hydrogen-bond acceptors (Lipinski definition) is 5. The van der Waals surface area contributed by atoms with Gasteiger partial charge >= 0.3 is 0 Å². The minimum atomic E-state index is -3.73. The zero-order valence-electron chi connectivity index (χ0n) is 17.6. The molecule has 0 aliphatic carbocycles. The van der Waals surface area contributed by atoms with Crippen LogP contribution in [0.25, 0.3) is 0 Å². The van der Waals surface area contributed by atoms with Gasteiger partial charge < -0.3 is 15.0 Å². The van der Waals surface area contributed by atoms with Crippen LogP contribution in [0, 0.1) is 6.92 Å². The number of carbonyl (C=O) groups is 1. The van der Waals surface area contributed by atoms with Crippen LogP contribution < -0.4 is 14.8 Å². The molecular formula is C22H29N3O4S. The molecule has 0 saturated carbocycles. The van der Waals surface area contributed by atoms with Gasteiger partial charge in [0.2, 0.25) is 10.0 Å². The molecule has 162 valence electrons. The van der Waals surface area contributed by atoms with Crippen LogP contribution in [0.3, 0.4) is 0 Å². The van der Waals surface area contributed by atoms with Crippen molar-refractivity contribution in [3.05, 3.63) is 59.2 Å². The van der Waals surface area contributed by atoms with Crippen molar-refractivity contribution in [1.29, 1.82) is 0 Å². The molecular weight excluding hydrogens is 402 g/mol. The molecule has 2 aromatic carbocycles. The molecule has 0 spiro atoms. The average molecular weight is 432 g/mol. The Bertz CT molecular complexity index is 1010. The van der Waals surface area contributed by atoms with Crippen molar-refractivity contribution >= 4 is 15.9 Å². The van der Waals surface area contributed by atoms with Crippen molar-refractivity contribution in [3.8, 4) is 5.75 Å². The number of hydrogen-bond donors (Lipinski definition) is 2. The number of sulfonamides is 1. The molecule has 1 aliphatic rings. The number of nitrogens with zero attached hydrogens (tertiary/aromatic N) is 1. The quantitative estimate of drug-likeness (QED) is 0.669. The normalized spacial score (nSPS) is 17.1. The molecule has 0 aromatic heterocycles. The summed E-state index contributed by atoms with van der Waals surface area (Å²) in [5, 5.41) is 2.50. The molecule has 1 heterocycles. The van der Waals surface area contributed by atoms with Crippen LogP contribution in [0.15, 0.2) is 47.4 Å². The van der Waals surface area contributed by atoms with Gasteiger partial charge in [0.25, 0.3) is 5.91 Å². The zero-order valence-corrected chi connectivity index (χ0v) is 18.5. The third kappa shape index (κ3) is 5.00. The van der Waals surface area contributed by atoms with E-state index in [-0.39, 0.29) is 10.5 Å². The molecule has 0 unspecified atom stereocenters. The van der Waals surface area contributed by atoms with Gasteiger partial charge in [0.1, 0.15) is 5.75 Å². The SMILES string of the molecule is CNC(=O)c1cc(S(=O)(=O)NCCN2CC[C@@H](c3ccccc3C)C2)ccc1OC. The Morgan fingerprint density at radius 1 is 1.23 bits per heavy atom. The molecule has 1 amide bonds. The molecule has 2 aromatic rings. The van der Waals surface area contributed by atoms with Crippen LogP contribution in [-0.2, 0) is 10.0 Å². The van der Waals surface area contributed by atoms with E-state index in [0.29, 0.717) is 24.8 Å². The Kier molecular flexibility index (Phi) is 7.12. The van der Waals surface area contributed by atoms with Gasteiger partial charge in [-0.2, -0.15) is 0 Å². The van der Waals surface area contributed by atoms with E-state index in [1.165, 1.54) is 43.5 Å². The summed E-state index contributed by atoms with van der Waals surface area (Å²) in [6.07, 6.45) is 1.07. The molecule has 1 fully saturated rings. The second-order valence-electron chi connectivity index (χ2n) is 7.48. The van der Waals surface area contributed by atoms with E-state index in [9.17, 15) is 13.2 Å². The molecule has 7 nitrogen and oxygen atoms in total. The lowest BCUT2D eigenvalue weighted by atomic mass is 9.94. The van der Waals surface area contributed by atoms with Crippen molar-refractivity contribution < 1.29 is 17.9 Å². The number of nitrogens with one attached hydrogen (secondary N) is 2. The molecule has 1 aliphatic heterocycles. The highest BCUT2D eigenvalue weighted by Crippen LogP contribution is 2.29. The fourth-order valence-electron chi connectivity index (χ4n) is 3.92. The highest BCUT2D eigenvalue weighted by molar-refractivity contribution is 7.89. The van der Waals surface area contributed by atoms with Gasteiger partial charge in [-0.25, -0.2) is 13.1 Å². The van der Waals surface area contributed by atoms with Crippen molar-refractivity contribution in [2.75, 3.05) is 40.3 Å². The van der Waals surface area contributed by atoms with Gasteiger partial charge in [-0.05, 0) is 55.1 Å². The Labute approximate surface area is 178 Å². The van der Waals surface area contributed by atoms with E-state index in [4.69, 9.17) is 4.74 Å². The molecule has 0 radical (unpaired) electrons. The lowest BCUT2D eigenvalue weighted by molar-refractivity contribution is 0.0960. The molecule has 1 saturated heterocycles. The summed E-state index contributed by atoms with van der Waals surface area (Å²) in [6, 6.07) is 12.7. The molecule has 1 atom stereocenters. The van der Waals surface area contributed by atoms with E-state index >= 15 is 0 Å². The maximum absolute atomic E-state index is 12.7. The first-order valence-electron chi connectivity index (χ1n) is 10.0. The summed E-state index contributed by atoms with van der Waals surface area (Å²) in [5.41, 5.74) is 2.86. The predicted octanol–water partition coefficient (Wildman–Crippen LogP) is 2.13. The molecule has 3 rings (SSSR count). The number of ether oxygens (including phenoxy) is 1. The first-order chi connectivity index (χ1) is 14.4. The summed E-state index contributed by atoms with van der Waals surface area (Å²) in [5.74, 6) is 0.412. The summed E-state index contributed by atoms with van der Waals surface area (Å²) in [6.45, 7) is 4.96. The van der Waals surface area contributed by atoms with E-state index in [2.05, 4.69) is 46.1 Å². The topological polar surface area (TPSA) is 87.7 Å². The summed E-state index contributed by atoms with van der Waals surface area (Å²) in [4.78, 5) is 14.3. The third-order valence-electron chi connectivity index (χ3n) is 5.57. The third-order valence-corrected chi connectivity index (χ3v) is 7.03.